The Labute approximate surface area is 103 Å². The summed E-state index contributed by atoms with van der Waals surface area (Å²) in [5.74, 6) is 0.585. The van der Waals surface area contributed by atoms with Crippen LogP contribution in [0.1, 0.15) is 50.6 Å². The molecule has 1 unspecified atom stereocenters. The van der Waals surface area contributed by atoms with Gasteiger partial charge in [-0.25, -0.2) is 4.39 Å². The van der Waals surface area contributed by atoms with Crippen molar-refractivity contribution in [1.29, 1.82) is 0 Å². The summed E-state index contributed by atoms with van der Waals surface area (Å²) in [7, 11) is 0. The van der Waals surface area contributed by atoms with E-state index in [0.29, 0.717) is 6.04 Å². The first-order chi connectivity index (χ1) is 8.31. The van der Waals surface area contributed by atoms with Gasteiger partial charge in [0, 0.05) is 6.04 Å². The zero-order valence-corrected chi connectivity index (χ0v) is 10.6. The highest BCUT2D eigenvalue weighted by Crippen LogP contribution is 2.35. The largest absolute Gasteiger partial charge is 0.310 e. The molecule has 0 aromatic heterocycles. The van der Waals surface area contributed by atoms with Gasteiger partial charge in [-0.3, -0.25) is 0 Å². The fourth-order valence-electron chi connectivity index (χ4n) is 2.82. The Morgan fingerprint density at radius 3 is 2.47 bits per heavy atom. The molecule has 0 aliphatic heterocycles. The number of halogens is 1. The molecule has 1 aromatic carbocycles. The van der Waals surface area contributed by atoms with Gasteiger partial charge in [0.1, 0.15) is 5.82 Å². The van der Waals surface area contributed by atoms with Crippen molar-refractivity contribution in [3.63, 3.8) is 0 Å². The zero-order valence-electron chi connectivity index (χ0n) is 10.6. The summed E-state index contributed by atoms with van der Waals surface area (Å²) in [6.07, 6.45) is 6.44. The average Bonchev–Trinajstić information content (AvgIpc) is 2.85. The normalized spacial score (nSPS) is 18.5. The van der Waals surface area contributed by atoms with Gasteiger partial charge in [0.15, 0.2) is 0 Å². The van der Waals surface area contributed by atoms with Crippen LogP contribution in [0.3, 0.4) is 0 Å². The molecule has 0 amide bonds. The molecule has 1 aliphatic rings. The molecule has 1 saturated carbocycles. The summed E-state index contributed by atoms with van der Waals surface area (Å²) in [6, 6.07) is 7.43. The Morgan fingerprint density at radius 2 is 1.88 bits per heavy atom. The molecule has 94 valence electrons. The minimum absolute atomic E-state index is 0.144. The molecule has 17 heavy (non-hydrogen) atoms. The van der Waals surface area contributed by atoms with Crippen LogP contribution in [0, 0.1) is 11.7 Å². The lowest BCUT2D eigenvalue weighted by molar-refractivity contribution is 0.368. The van der Waals surface area contributed by atoms with Crippen LogP contribution in [0.25, 0.3) is 0 Å². The summed E-state index contributed by atoms with van der Waals surface area (Å²) in [5, 5.41) is 3.62. The van der Waals surface area contributed by atoms with E-state index in [1.165, 1.54) is 31.2 Å². The third-order valence-electron chi connectivity index (χ3n) is 3.71. The van der Waals surface area contributed by atoms with Crippen molar-refractivity contribution in [3.05, 3.63) is 35.6 Å². The van der Waals surface area contributed by atoms with Crippen LogP contribution >= 0.6 is 0 Å². The summed E-state index contributed by atoms with van der Waals surface area (Å²) < 4.78 is 13.0. The van der Waals surface area contributed by atoms with Crippen LogP contribution in [0.4, 0.5) is 4.39 Å². The van der Waals surface area contributed by atoms with Crippen LogP contribution in [0.15, 0.2) is 24.3 Å². The molecule has 0 heterocycles. The lowest BCUT2D eigenvalue weighted by Gasteiger charge is -2.25. The van der Waals surface area contributed by atoms with Gasteiger partial charge in [-0.2, -0.15) is 0 Å². The van der Waals surface area contributed by atoms with Crippen molar-refractivity contribution in [2.24, 2.45) is 5.92 Å². The molecule has 0 radical (unpaired) electrons. The molecule has 2 rings (SSSR count). The van der Waals surface area contributed by atoms with Crippen LogP contribution in [0.5, 0.6) is 0 Å². The molecule has 1 N–H and O–H groups in total. The van der Waals surface area contributed by atoms with Crippen molar-refractivity contribution in [2.75, 3.05) is 6.54 Å². The van der Waals surface area contributed by atoms with Gasteiger partial charge >= 0.3 is 0 Å². The van der Waals surface area contributed by atoms with Crippen LogP contribution in [-0.4, -0.2) is 6.54 Å². The van der Waals surface area contributed by atoms with E-state index in [9.17, 15) is 4.39 Å². The highest BCUT2D eigenvalue weighted by atomic mass is 19.1. The molecule has 0 spiro atoms. The monoisotopic (exact) mass is 235 g/mol. The van der Waals surface area contributed by atoms with Crippen LogP contribution in [-0.2, 0) is 0 Å². The number of hydrogen-bond acceptors (Lipinski definition) is 1. The van der Waals surface area contributed by atoms with Crippen molar-refractivity contribution in [1.82, 2.24) is 5.32 Å². The second-order valence-corrected chi connectivity index (χ2v) is 5.03. The molecular formula is C15H22FN. The van der Waals surface area contributed by atoms with Gasteiger partial charge in [-0.1, -0.05) is 31.9 Å². The van der Waals surface area contributed by atoms with Gasteiger partial charge in [0.2, 0.25) is 0 Å². The molecular weight excluding hydrogens is 213 g/mol. The quantitative estimate of drug-likeness (QED) is 0.811. The van der Waals surface area contributed by atoms with E-state index in [2.05, 4.69) is 12.2 Å². The standard InChI is InChI=1S/C15H22FN/c1-2-11-17-15(12-5-3-4-6-12)13-7-9-14(16)10-8-13/h7-10,12,15,17H,2-6,11H2,1H3. The first-order valence-electron chi connectivity index (χ1n) is 6.80. The van der Waals surface area contributed by atoms with Gasteiger partial charge in [-0.05, 0) is 49.4 Å². The second kappa shape index (κ2) is 6.15. The highest BCUT2D eigenvalue weighted by molar-refractivity contribution is 5.21. The Hall–Kier alpha value is -0.890. The summed E-state index contributed by atoms with van der Waals surface area (Å²) in [6.45, 7) is 3.22. The van der Waals surface area contributed by atoms with Crippen molar-refractivity contribution >= 4 is 0 Å². The Kier molecular flexibility index (Phi) is 4.55. The van der Waals surface area contributed by atoms with E-state index in [0.717, 1.165) is 18.9 Å². The van der Waals surface area contributed by atoms with E-state index in [1.54, 1.807) is 12.1 Å². The van der Waals surface area contributed by atoms with Crippen molar-refractivity contribution in [2.45, 2.75) is 45.1 Å². The lowest BCUT2D eigenvalue weighted by Crippen LogP contribution is -2.27. The topological polar surface area (TPSA) is 12.0 Å². The predicted octanol–water partition coefficient (Wildman–Crippen LogP) is 4.06. The number of benzene rings is 1. The number of nitrogens with one attached hydrogen (secondary N) is 1. The van der Waals surface area contributed by atoms with Gasteiger partial charge < -0.3 is 5.32 Å². The maximum Gasteiger partial charge on any atom is 0.123 e. The minimum Gasteiger partial charge on any atom is -0.310 e. The molecule has 0 bridgehead atoms. The van der Waals surface area contributed by atoms with Gasteiger partial charge in [-0.15, -0.1) is 0 Å². The maximum atomic E-state index is 13.0. The first-order valence-corrected chi connectivity index (χ1v) is 6.80. The third-order valence-corrected chi connectivity index (χ3v) is 3.71. The molecule has 0 saturated heterocycles. The van der Waals surface area contributed by atoms with Crippen molar-refractivity contribution in [3.8, 4) is 0 Å². The highest BCUT2D eigenvalue weighted by Gasteiger charge is 2.25. The van der Waals surface area contributed by atoms with Gasteiger partial charge in [0.05, 0.1) is 0 Å². The Bertz CT molecular complexity index is 327. The van der Waals surface area contributed by atoms with Crippen LogP contribution < -0.4 is 5.32 Å². The SMILES string of the molecule is CCCNC(c1ccc(F)cc1)C1CCCC1. The summed E-state index contributed by atoms with van der Waals surface area (Å²) >= 11 is 0. The van der Waals surface area contributed by atoms with E-state index in [-0.39, 0.29) is 5.82 Å². The molecule has 1 aromatic rings. The van der Waals surface area contributed by atoms with E-state index in [4.69, 9.17) is 0 Å². The average molecular weight is 235 g/mol. The number of hydrogen-bond donors (Lipinski definition) is 1. The van der Waals surface area contributed by atoms with Crippen LogP contribution in [0.2, 0.25) is 0 Å². The fraction of sp³-hybridized carbons (Fsp3) is 0.600. The first kappa shape index (κ1) is 12.6. The van der Waals surface area contributed by atoms with E-state index in [1.807, 2.05) is 12.1 Å². The minimum atomic E-state index is -0.144. The molecule has 1 atom stereocenters. The second-order valence-electron chi connectivity index (χ2n) is 5.03. The van der Waals surface area contributed by atoms with Crippen molar-refractivity contribution < 1.29 is 4.39 Å². The lowest BCUT2D eigenvalue weighted by atomic mass is 9.91. The van der Waals surface area contributed by atoms with Gasteiger partial charge in [0.25, 0.3) is 0 Å². The number of rotatable bonds is 5. The molecule has 1 fully saturated rings. The summed E-state index contributed by atoms with van der Waals surface area (Å²) in [5.41, 5.74) is 1.24. The molecule has 1 aliphatic carbocycles. The molecule has 2 heteroatoms. The zero-order chi connectivity index (χ0) is 12.1. The predicted molar refractivity (Wildman–Crippen MR) is 69.4 cm³/mol. The fourth-order valence-corrected chi connectivity index (χ4v) is 2.82. The molecule has 1 nitrogen and oxygen atoms in total. The van der Waals surface area contributed by atoms with E-state index >= 15 is 0 Å². The third kappa shape index (κ3) is 3.29. The Morgan fingerprint density at radius 1 is 1.24 bits per heavy atom. The maximum absolute atomic E-state index is 13.0. The van der Waals surface area contributed by atoms with E-state index < -0.39 is 0 Å². The smallest absolute Gasteiger partial charge is 0.123 e. The summed E-state index contributed by atoms with van der Waals surface area (Å²) in [4.78, 5) is 0. The Balaban J connectivity index is 2.10.